The van der Waals surface area contributed by atoms with Crippen LogP contribution in [0.25, 0.3) is 16.9 Å². The first-order valence-electron chi connectivity index (χ1n) is 10.9. The van der Waals surface area contributed by atoms with E-state index in [2.05, 4.69) is 20.7 Å². The number of rotatable bonds is 6. The lowest BCUT2D eigenvalue weighted by Crippen LogP contribution is -2.25. The molecule has 2 aromatic heterocycles. The van der Waals surface area contributed by atoms with Gasteiger partial charge in [-0.3, -0.25) is 19.0 Å². The van der Waals surface area contributed by atoms with Gasteiger partial charge in [0.1, 0.15) is 11.2 Å². The van der Waals surface area contributed by atoms with Crippen molar-refractivity contribution in [3.63, 3.8) is 0 Å². The Bertz CT molecular complexity index is 1430. The molecule has 9 heteroatoms. The summed E-state index contributed by atoms with van der Waals surface area (Å²) in [6.07, 6.45) is 0.305. The van der Waals surface area contributed by atoms with Crippen LogP contribution in [0, 0.1) is 13.8 Å². The number of hydrogen-bond acceptors (Lipinski definition) is 5. The molecule has 2 amide bonds. The summed E-state index contributed by atoms with van der Waals surface area (Å²) in [4.78, 5) is 41.2. The molecule has 0 radical (unpaired) electrons. The zero-order valence-corrected chi connectivity index (χ0v) is 19.5. The Morgan fingerprint density at radius 1 is 0.941 bits per heavy atom. The molecule has 0 fully saturated rings. The van der Waals surface area contributed by atoms with E-state index in [9.17, 15) is 14.4 Å². The molecule has 0 saturated carbocycles. The van der Waals surface area contributed by atoms with E-state index in [1.807, 2.05) is 38.1 Å². The predicted molar refractivity (Wildman–Crippen MR) is 131 cm³/mol. The molecule has 4 aromatic rings. The summed E-state index contributed by atoms with van der Waals surface area (Å²) in [7, 11) is 1.69. The number of amides is 2. The van der Waals surface area contributed by atoms with Crippen LogP contribution in [0.2, 0.25) is 0 Å². The van der Waals surface area contributed by atoms with Crippen molar-refractivity contribution in [3.8, 4) is 5.69 Å². The Morgan fingerprint density at radius 3 is 2.18 bits per heavy atom. The number of nitrogens with zero attached hydrogens (tertiary/aromatic N) is 4. The quantitative estimate of drug-likeness (QED) is 0.461. The maximum absolute atomic E-state index is 13.0. The van der Waals surface area contributed by atoms with Gasteiger partial charge in [0.05, 0.1) is 11.4 Å². The van der Waals surface area contributed by atoms with Crippen LogP contribution < -0.4 is 16.2 Å². The van der Waals surface area contributed by atoms with E-state index in [1.54, 1.807) is 36.0 Å². The molecule has 174 valence electrons. The Hall–Kier alpha value is -4.27. The molecule has 34 heavy (non-hydrogen) atoms. The highest BCUT2D eigenvalue weighted by Crippen LogP contribution is 2.20. The van der Waals surface area contributed by atoms with E-state index in [1.165, 1.54) is 11.5 Å². The van der Waals surface area contributed by atoms with E-state index in [-0.39, 0.29) is 30.2 Å². The minimum absolute atomic E-state index is 0.104. The molecule has 4 rings (SSSR count). The molecular weight excluding hydrogens is 432 g/mol. The summed E-state index contributed by atoms with van der Waals surface area (Å²) < 4.78 is 3.26. The highest BCUT2D eigenvalue weighted by molar-refractivity contribution is 5.92. The number of aryl methyl sites for hydroxylation is 4. The summed E-state index contributed by atoms with van der Waals surface area (Å²) in [5.41, 5.74) is 5.23. The summed E-state index contributed by atoms with van der Waals surface area (Å²) in [5.74, 6) is -0.397. The van der Waals surface area contributed by atoms with Crippen molar-refractivity contribution in [3.05, 3.63) is 75.8 Å². The standard InChI is InChI=1S/C25H26N6O3/c1-15-5-11-20(12-6-15)31-24-23(16(2)29-31)28-21(25(34)30(24)4)13-14-22(33)27-19-9-7-18(8-10-19)26-17(3)32/h5-12H,13-14H2,1-4H3,(H,26,32)(H,27,33). The second-order valence-electron chi connectivity index (χ2n) is 8.23. The van der Waals surface area contributed by atoms with Gasteiger partial charge in [-0.05, 0) is 50.2 Å². The van der Waals surface area contributed by atoms with Gasteiger partial charge in [0, 0.05) is 38.2 Å². The number of aromatic nitrogens is 4. The molecule has 2 heterocycles. The largest absolute Gasteiger partial charge is 0.326 e. The molecule has 0 saturated heterocycles. The molecule has 0 aliphatic heterocycles. The third kappa shape index (κ3) is 4.73. The van der Waals surface area contributed by atoms with Crippen LogP contribution in [-0.4, -0.2) is 31.1 Å². The zero-order valence-electron chi connectivity index (χ0n) is 19.5. The Morgan fingerprint density at radius 2 is 1.56 bits per heavy atom. The van der Waals surface area contributed by atoms with Crippen molar-refractivity contribution >= 4 is 34.4 Å². The van der Waals surface area contributed by atoms with Crippen LogP contribution >= 0.6 is 0 Å². The fourth-order valence-electron chi connectivity index (χ4n) is 3.74. The first kappa shape index (κ1) is 22.9. The average molecular weight is 459 g/mol. The molecule has 0 aliphatic rings. The smallest absolute Gasteiger partial charge is 0.273 e. The number of carbonyl (C=O) groups excluding carboxylic acids is 2. The summed E-state index contributed by atoms with van der Waals surface area (Å²) in [5, 5.41) is 10.1. The van der Waals surface area contributed by atoms with Crippen molar-refractivity contribution in [1.29, 1.82) is 0 Å². The van der Waals surface area contributed by atoms with Gasteiger partial charge in [-0.1, -0.05) is 17.7 Å². The van der Waals surface area contributed by atoms with E-state index >= 15 is 0 Å². The van der Waals surface area contributed by atoms with Crippen LogP contribution in [0.15, 0.2) is 53.3 Å². The van der Waals surface area contributed by atoms with Crippen molar-refractivity contribution in [1.82, 2.24) is 19.3 Å². The van der Waals surface area contributed by atoms with Crippen LogP contribution in [0.3, 0.4) is 0 Å². The molecular formula is C25H26N6O3. The average Bonchev–Trinajstić information content (AvgIpc) is 3.13. The molecule has 0 bridgehead atoms. The van der Waals surface area contributed by atoms with Gasteiger partial charge in [0.15, 0.2) is 5.65 Å². The van der Waals surface area contributed by atoms with Crippen LogP contribution in [0.1, 0.15) is 30.3 Å². The lowest BCUT2D eigenvalue weighted by atomic mass is 10.2. The summed E-state index contributed by atoms with van der Waals surface area (Å²) in [6.45, 7) is 5.29. The third-order valence-electron chi connectivity index (χ3n) is 5.48. The second kappa shape index (κ2) is 9.30. The number of anilines is 2. The molecule has 0 unspecified atom stereocenters. The van der Waals surface area contributed by atoms with Gasteiger partial charge < -0.3 is 10.6 Å². The second-order valence-corrected chi connectivity index (χ2v) is 8.23. The minimum atomic E-state index is -0.256. The van der Waals surface area contributed by atoms with Crippen LogP contribution in [0.5, 0.6) is 0 Å². The first-order chi connectivity index (χ1) is 16.2. The Labute approximate surface area is 196 Å². The maximum Gasteiger partial charge on any atom is 0.273 e. The summed E-state index contributed by atoms with van der Waals surface area (Å²) >= 11 is 0. The number of fused-ring (bicyclic) bond motifs is 1. The Balaban J connectivity index is 1.52. The number of benzene rings is 2. The van der Waals surface area contributed by atoms with E-state index < -0.39 is 0 Å². The topological polar surface area (TPSA) is 111 Å². The van der Waals surface area contributed by atoms with Gasteiger partial charge in [-0.25, -0.2) is 9.67 Å². The van der Waals surface area contributed by atoms with E-state index in [4.69, 9.17) is 0 Å². The maximum atomic E-state index is 13.0. The van der Waals surface area contributed by atoms with Gasteiger partial charge in [0.25, 0.3) is 5.56 Å². The van der Waals surface area contributed by atoms with Crippen molar-refractivity contribution < 1.29 is 9.59 Å². The monoisotopic (exact) mass is 458 g/mol. The van der Waals surface area contributed by atoms with Crippen molar-refractivity contribution in [2.45, 2.75) is 33.6 Å². The predicted octanol–water partition coefficient (Wildman–Crippen LogP) is 3.27. The first-order valence-corrected chi connectivity index (χ1v) is 10.9. The highest BCUT2D eigenvalue weighted by atomic mass is 16.2. The molecule has 2 N–H and O–H groups in total. The van der Waals surface area contributed by atoms with E-state index in [0.717, 1.165) is 11.3 Å². The van der Waals surface area contributed by atoms with Gasteiger partial charge in [-0.2, -0.15) is 5.10 Å². The number of carbonyl (C=O) groups is 2. The minimum Gasteiger partial charge on any atom is -0.326 e. The fraction of sp³-hybridized carbons (Fsp3) is 0.240. The normalized spacial score (nSPS) is 10.9. The highest BCUT2D eigenvalue weighted by Gasteiger charge is 2.18. The zero-order chi connectivity index (χ0) is 24.4. The van der Waals surface area contributed by atoms with Crippen LogP contribution in [0.4, 0.5) is 11.4 Å². The van der Waals surface area contributed by atoms with Gasteiger partial charge in [-0.15, -0.1) is 0 Å². The molecule has 9 nitrogen and oxygen atoms in total. The molecule has 0 spiro atoms. The summed E-state index contributed by atoms with van der Waals surface area (Å²) in [6, 6.07) is 14.7. The van der Waals surface area contributed by atoms with Gasteiger partial charge >= 0.3 is 0 Å². The van der Waals surface area contributed by atoms with E-state index in [0.29, 0.717) is 33.9 Å². The fourth-order valence-corrected chi connectivity index (χ4v) is 3.74. The van der Waals surface area contributed by atoms with Crippen molar-refractivity contribution in [2.75, 3.05) is 10.6 Å². The SMILES string of the molecule is CC(=O)Nc1ccc(NC(=O)CCc2nc3c(C)nn(-c4ccc(C)cc4)c3n(C)c2=O)cc1. The number of hydrogen-bond donors (Lipinski definition) is 2. The van der Waals surface area contributed by atoms with Crippen LogP contribution in [-0.2, 0) is 23.1 Å². The third-order valence-corrected chi connectivity index (χ3v) is 5.48. The van der Waals surface area contributed by atoms with Gasteiger partial charge in [0.2, 0.25) is 11.8 Å². The Kier molecular flexibility index (Phi) is 6.27. The molecule has 0 atom stereocenters. The molecule has 2 aromatic carbocycles. The molecule has 0 aliphatic carbocycles. The lowest BCUT2D eigenvalue weighted by Gasteiger charge is -2.09. The number of nitrogens with one attached hydrogen (secondary N) is 2. The lowest BCUT2D eigenvalue weighted by molar-refractivity contribution is -0.116. The van der Waals surface area contributed by atoms with Crippen molar-refractivity contribution in [2.24, 2.45) is 7.05 Å².